The molecule has 7 heteroatoms. The maximum atomic E-state index is 13.6. The maximum absolute atomic E-state index is 13.6. The van der Waals surface area contributed by atoms with Crippen LogP contribution >= 0.6 is 34.7 Å². The largest absolute Gasteiger partial charge is 0.481 e. The summed E-state index contributed by atoms with van der Waals surface area (Å²) in [4.78, 5) is 14.7. The fourth-order valence-electron chi connectivity index (χ4n) is 1.39. The van der Waals surface area contributed by atoms with E-state index in [1.807, 2.05) is 0 Å². The lowest BCUT2D eigenvalue weighted by Gasteiger charge is -2.02. The minimum atomic E-state index is -0.914. The van der Waals surface area contributed by atoms with Crippen molar-refractivity contribution < 1.29 is 14.3 Å². The van der Waals surface area contributed by atoms with E-state index in [0.29, 0.717) is 17.0 Å². The Balaban J connectivity index is 2.00. The van der Waals surface area contributed by atoms with E-state index in [4.69, 9.17) is 16.7 Å². The molecule has 0 radical (unpaired) electrons. The van der Waals surface area contributed by atoms with E-state index in [-0.39, 0.29) is 11.4 Å². The standard InChI is InChI=1S/C12H9ClFNO2S2/c13-9-3-1-2-7(11(9)14)5-18-12-15-8(6-19-12)4-10(16)17/h1-3,6H,4-5H2,(H,16,17). The van der Waals surface area contributed by atoms with E-state index < -0.39 is 11.8 Å². The summed E-state index contributed by atoms with van der Waals surface area (Å²) in [5, 5.41) is 10.4. The van der Waals surface area contributed by atoms with Gasteiger partial charge < -0.3 is 5.11 Å². The molecule has 1 N–H and O–H groups in total. The SMILES string of the molecule is O=C(O)Cc1csc(SCc2cccc(Cl)c2F)n1. The smallest absolute Gasteiger partial charge is 0.309 e. The van der Waals surface area contributed by atoms with Gasteiger partial charge >= 0.3 is 5.97 Å². The van der Waals surface area contributed by atoms with Crippen LogP contribution in [0.1, 0.15) is 11.3 Å². The van der Waals surface area contributed by atoms with Crippen molar-refractivity contribution in [2.75, 3.05) is 0 Å². The highest BCUT2D eigenvalue weighted by atomic mass is 35.5. The zero-order valence-electron chi connectivity index (χ0n) is 9.60. The number of benzene rings is 1. The highest BCUT2D eigenvalue weighted by Crippen LogP contribution is 2.28. The number of rotatable bonds is 5. The highest BCUT2D eigenvalue weighted by Gasteiger charge is 2.09. The topological polar surface area (TPSA) is 50.2 Å². The Kier molecular flexibility index (Phi) is 4.79. The molecule has 1 heterocycles. The third kappa shape index (κ3) is 3.92. The summed E-state index contributed by atoms with van der Waals surface area (Å²) < 4.78 is 14.4. The molecule has 1 aromatic carbocycles. The van der Waals surface area contributed by atoms with Crippen LogP contribution in [0.25, 0.3) is 0 Å². The number of nitrogens with zero attached hydrogens (tertiary/aromatic N) is 1. The van der Waals surface area contributed by atoms with Crippen molar-refractivity contribution in [3.8, 4) is 0 Å². The Hall–Kier alpha value is -1.11. The van der Waals surface area contributed by atoms with Crippen molar-refractivity contribution in [1.82, 2.24) is 4.98 Å². The Morgan fingerprint density at radius 3 is 3.05 bits per heavy atom. The second-order valence-corrected chi connectivity index (χ2v) is 6.16. The first-order chi connectivity index (χ1) is 9.06. The van der Waals surface area contributed by atoms with E-state index in [1.54, 1.807) is 17.5 Å². The lowest BCUT2D eigenvalue weighted by atomic mass is 10.2. The van der Waals surface area contributed by atoms with Gasteiger partial charge in [0.2, 0.25) is 0 Å². The molecule has 2 aromatic rings. The van der Waals surface area contributed by atoms with Crippen molar-refractivity contribution in [3.63, 3.8) is 0 Å². The van der Waals surface area contributed by atoms with E-state index >= 15 is 0 Å². The van der Waals surface area contributed by atoms with Gasteiger partial charge in [-0.25, -0.2) is 9.37 Å². The predicted molar refractivity (Wildman–Crippen MR) is 74.4 cm³/mol. The van der Waals surface area contributed by atoms with Crippen molar-refractivity contribution in [3.05, 3.63) is 45.7 Å². The number of halogens is 2. The number of hydrogen-bond acceptors (Lipinski definition) is 4. The minimum Gasteiger partial charge on any atom is -0.481 e. The number of aliphatic carboxylic acids is 1. The summed E-state index contributed by atoms with van der Waals surface area (Å²) in [6.07, 6.45) is -0.0947. The minimum absolute atomic E-state index is 0.0947. The number of thioether (sulfide) groups is 1. The first-order valence-electron chi connectivity index (χ1n) is 5.28. The van der Waals surface area contributed by atoms with Gasteiger partial charge in [-0.05, 0) is 11.6 Å². The third-order valence-corrected chi connectivity index (χ3v) is 4.66. The fraction of sp³-hybridized carbons (Fsp3) is 0.167. The maximum Gasteiger partial charge on any atom is 0.309 e. The molecule has 2 rings (SSSR count). The van der Waals surface area contributed by atoms with E-state index in [1.165, 1.54) is 29.2 Å². The van der Waals surface area contributed by atoms with Crippen LogP contribution in [0.15, 0.2) is 27.9 Å². The van der Waals surface area contributed by atoms with Crippen molar-refractivity contribution in [2.45, 2.75) is 16.5 Å². The van der Waals surface area contributed by atoms with Crippen LogP contribution in [0.3, 0.4) is 0 Å². The Labute approximate surface area is 122 Å². The zero-order chi connectivity index (χ0) is 13.8. The molecule has 0 amide bonds. The molecule has 0 aliphatic rings. The molecule has 100 valence electrons. The highest BCUT2D eigenvalue weighted by molar-refractivity contribution is 8.00. The number of carbonyl (C=O) groups is 1. The first-order valence-corrected chi connectivity index (χ1v) is 7.52. The quantitative estimate of drug-likeness (QED) is 0.851. The van der Waals surface area contributed by atoms with Gasteiger partial charge in [0.1, 0.15) is 10.2 Å². The van der Waals surface area contributed by atoms with Gasteiger partial charge in [0, 0.05) is 11.1 Å². The molecule has 0 aliphatic carbocycles. The number of carboxylic acid groups (broad SMARTS) is 1. The molecule has 0 atom stereocenters. The van der Waals surface area contributed by atoms with E-state index in [0.717, 1.165) is 4.34 Å². The first kappa shape index (κ1) is 14.3. The number of aromatic nitrogens is 1. The Morgan fingerprint density at radius 1 is 1.53 bits per heavy atom. The van der Waals surface area contributed by atoms with Gasteiger partial charge in [-0.1, -0.05) is 35.5 Å². The summed E-state index contributed by atoms with van der Waals surface area (Å²) in [5.41, 5.74) is 1.03. The van der Waals surface area contributed by atoms with Crippen molar-refractivity contribution in [2.24, 2.45) is 0 Å². The Bertz CT molecular complexity index is 603. The number of carboxylic acids is 1. The molecule has 0 spiro atoms. The van der Waals surface area contributed by atoms with Gasteiger partial charge in [0.05, 0.1) is 17.1 Å². The summed E-state index contributed by atoms with van der Waals surface area (Å²) in [5.74, 6) is -0.923. The lowest BCUT2D eigenvalue weighted by Crippen LogP contribution is -1.99. The van der Waals surface area contributed by atoms with Crippen molar-refractivity contribution >= 4 is 40.7 Å². The van der Waals surface area contributed by atoms with Gasteiger partial charge in [-0.15, -0.1) is 11.3 Å². The number of thiazole rings is 1. The van der Waals surface area contributed by atoms with Gasteiger partial charge in [-0.2, -0.15) is 0 Å². The van der Waals surface area contributed by atoms with E-state index in [9.17, 15) is 9.18 Å². The molecule has 0 aliphatic heterocycles. The molecule has 0 fully saturated rings. The average Bonchev–Trinajstić information content (AvgIpc) is 2.78. The summed E-state index contributed by atoms with van der Waals surface area (Å²) in [7, 11) is 0. The molecular weight excluding hydrogens is 309 g/mol. The molecule has 0 bridgehead atoms. The molecule has 0 unspecified atom stereocenters. The van der Waals surface area contributed by atoms with Crippen LogP contribution < -0.4 is 0 Å². The van der Waals surface area contributed by atoms with Crippen LogP contribution in [0.5, 0.6) is 0 Å². The summed E-state index contributed by atoms with van der Waals surface area (Å²) >= 11 is 8.41. The molecular formula is C12H9ClFNO2S2. The Morgan fingerprint density at radius 2 is 2.32 bits per heavy atom. The lowest BCUT2D eigenvalue weighted by molar-refractivity contribution is -0.136. The number of hydrogen-bond donors (Lipinski definition) is 1. The molecule has 1 aromatic heterocycles. The predicted octanol–water partition coefficient (Wildman–Crippen LogP) is 3.86. The monoisotopic (exact) mass is 317 g/mol. The molecule has 3 nitrogen and oxygen atoms in total. The van der Waals surface area contributed by atoms with Crippen LogP contribution in [0.2, 0.25) is 5.02 Å². The summed E-state index contributed by atoms with van der Waals surface area (Å²) in [6, 6.07) is 4.86. The van der Waals surface area contributed by atoms with E-state index in [2.05, 4.69) is 4.98 Å². The molecule has 19 heavy (non-hydrogen) atoms. The van der Waals surface area contributed by atoms with Gasteiger partial charge in [-0.3, -0.25) is 4.79 Å². The third-order valence-electron chi connectivity index (χ3n) is 2.25. The van der Waals surface area contributed by atoms with Crippen molar-refractivity contribution in [1.29, 1.82) is 0 Å². The van der Waals surface area contributed by atoms with Crippen LogP contribution in [-0.4, -0.2) is 16.1 Å². The second kappa shape index (κ2) is 6.36. The molecule has 0 saturated carbocycles. The second-order valence-electron chi connectivity index (χ2n) is 3.68. The van der Waals surface area contributed by atoms with Crippen LogP contribution in [-0.2, 0) is 17.0 Å². The van der Waals surface area contributed by atoms with Crippen LogP contribution in [0, 0.1) is 5.82 Å². The van der Waals surface area contributed by atoms with Gasteiger partial charge in [0.15, 0.2) is 0 Å². The molecule has 0 saturated heterocycles. The summed E-state index contributed by atoms with van der Waals surface area (Å²) in [6.45, 7) is 0. The van der Waals surface area contributed by atoms with Gasteiger partial charge in [0.25, 0.3) is 0 Å². The average molecular weight is 318 g/mol. The zero-order valence-corrected chi connectivity index (χ0v) is 12.0. The fourth-order valence-corrected chi connectivity index (χ4v) is 3.40. The van der Waals surface area contributed by atoms with Crippen LogP contribution in [0.4, 0.5) is 4.39 Å². The normalized spacial score (nSPS) is 10.6.